The molecule has 1 aliphatic heterocycles. The number of rotatable bonds is 5. The van der Waals surface area contributed by atoms with Gasteiger partial charge in [0.15, 0.2) is 0 Å². The van der Waals surface area contributed by atoms with Gasteiger partial charge in [0.1, 0.15) is 0 Å². The fraction of sp³-hybridized carbons (Fsp3) is 0.500. The Balaban J connectivity index is 2.07. The first-order valence-corrected chi connectivity index (χ1v) is 7.40. The molecule has 1 aromatic rings. The molecule has 114 valence electrons. The van der Waals surface area contributed by atoms with E-state index in [0.29, 0.717) is 6.42 Å². The minimum atomic E-state index is -0.460. The maximum atomic E-state index is 12.5. The second-order valence-electron chi connectivity index (χ2n) is 5.65. The second kappa shape index (κ2) is 7.22. The third kappa shape index (κ3) is 4.56. The highest BCUT2D eigenvalue weighted by molar-refractivity contribution is 5.85. The standard InChI is InChI=1S/C16H23N3O2/c1-12-4-2-5-13(8-12)9-16(21)19(11-15(17)20)14-6-3-7-18-10-14/h2,4-5,8,14,18H,3,6-7,9-11H2,1H3,(H2,17,20). The van der Waals surface area contributed by atoms with Crippen LogP contribution in [-0.4, -0.2) is 42.4 Å². The van der Waals surface area contributed by atoms with Gasteiger partial charge in [-0.1, -0.05) is 29.8 Å². The molecule has 5 nitrogen and oxygen atoms in total. The van der Waals surface area contributed by atoms with Crippen molar-refractivity contribution in [2.75, 3.05) is 19.6 Å². The summed E-state index contributed by atoms with van der Waals surface area (Å²) in [6, 6.07) is 7.94. The van der Waals surface area contributed by atoms with Crippen LogP contribution in [0.2, 0.25) is 0 Å². The lowest BCUT2D eigenvalue weighted by Crippen LogP contribution is -2.51. The molecule has 5 heteroatoms. The van der Waals surface area contributed by atoms with Crippen LogP contribution in [0.4, 0.5) is 0 Å². The van der Waals surface area contributed by atoms with Crippen LogP contribution >= 0.6 is 0 Å². The van der Waals surface area contributed by atoms with Crippen LogP contribution in [0, 0.1) is 6.92 Å². The van der Waals surface area contributed by atoms with E-state index < -0.39 is 5.91 Å². The number of nitrogens with two attached hydrogens (primary N) is 1. The maximum Gasteiger partial charge on any atom is 0.237 e. The zero-order chi connectivity index (χ0) is 15.2. The molecule has 0 saturated carbocycles. The number of hydrogen-bond donors (Lipinski definition) is 2. The van der Waals surface area contributed by atoms with Crippen molar-refractivity contribution in [3.8, 4) is 0 Å². The van der Waals surface area contributed by atoms with Crippen molar-refractivity contribution in [1.29, 1.82) is 0 Å². The van der Waals surface area contributed by atoms with Gasteiger partial charge in [0.25, 0.3) is 0 Å². The molecule has 21 heavy (non-hydrogen) atoms. The lowest BCUT2D eigenvalue weighted by molar-refractivity contribution is -0.137. The van der Waals surface area contributed by atoms with E-state index in [1.807, 2.05) is 31.2 Å². The average molecular weight is 289 g/mol. The molecule has 1 fully saturated rings. The number of carbonyl (C=O) groups is 2. The first kappa shape index (κ1) is 15.5. The molecule has 0 bridgehead atoms. The zero-order valence-electron chi connectivity index (χ0n) is 12.5. The van der Waals surface area contributed by atoms with Gasteiger partial charge in [-0.3, -0.25) is 9.59 Å². The Bertz CT molecular complexity index is 510. The van der Waals surface area contributed by atoms with E-state index in [2.05, 4.69) is 5.32 Å². The summed E-state index contributed by atoms with van der Waals surface area (Å²) in [6.07, 6.45) is 2.24. The number of amides is 2. The first-order chi connectivity index (χ1) is 10.1. The highest BCUT2D eigenvalue weighted by atomic mass is 16.2. The largest absolute Gasteiger partial charge is 0.368 e. The fourth-order valence-electron chi connectivity index (χ4n) is 2.79. The Morgan fingerprint density at radius 1 is 1.43 bits per heavy atom. The molecule has 2 amide bonds. The topological polar surface area (TPSA) is 75.4 Å². The van der Waals surface area contributed by atoms with Crippen LogP contribution in [0.3, 0.4) is 0 Å². The molecule has 2 rings (SSSR count). The van der Waals surface area contributed by atoms with Gasteiger partial charge in [-0.25, -0.2) is 0 Å². The molecule has 1 unspecified atom stereocenters. The number of nitrogens with zero attached hydrogens (tertiary/aromatic N) is 1. The smallest absolute Gasteiger partial charge is 0.237 e. The van der Waals surface area contributed by atoms with Gasteiger partial charge >= 0.3 is 0 Å². The van der Waals surface area contributed by atoms with Gasteiger partial charge in [0, 0.05) is 12.6 Å². The van der Waals surface area contributed by atoms with Crippen LogP contribution in [0.25, 0.3) is 0 Å². The second-order valence-corrected chi connectivity index (χ2v) is 5.65. The summed E-state index contributed by atoms with van der Waals surface area (Å²) in [7, 11) is 0. The summed E-state index contributed by atoms with van der Waals surface area (Å²) in [4.78, 5) is 25.5. The molecule has 1 aliphatic rings. The maximum absolute atomic E-state index is 12.5. The van der Waals surface area contributed by atoms with Crippen molar-refractivity contribution in [2.24, 2.45) is 5.73 Å². The average Bonchev–Trinajstić information content (AvgIpc) is 2.45. The first-order valence-electron chi connectivity index (χ1n) is 7.40. The predicted octanol–water partition coefficient (Wildman–Crippen LogP) is 0.603. The Morgan fingerprint density at radius 3 is 2.86 bits per heavy atom. The fourth-order valence-corrected chi connectivity index (χ4v) is 2.79. The SMILES string of the molecule is Cc1cccc(CC(=O)N(CC(N)=O)C2CCCNC2)c1. The van der Waals surface area contributed by atoms with Gasteiger partial charge in [0.05, 0.1) is 13.0 Å². The van der Waals surface area contributed by atoms with Crippen molar-refractivity contribution in [2.45, 2.75) is 32.2 Å². The number of aryl methyl sites for hydroxylation is 1. The minimum absolute atomic E-state index is 0.00298. The van der Waals surface area contributed by atoms with E-state index in [9.17, 15) is 9.59 Å². The molecule has 0 spiro atoms. The van der Waals surface area contributed by atoms with Crippen LogP contribution in [0.5, 0.6) is 0 Å². The van der Waals surface area contributed by atoms with E-state index in [-0.39, 0.29) is 18.5 Å². The van der Waals surface area contributed by atoms with Crippen LogP contribution in [-0.2, 0) is 16.0 Å². The molecular formula is C16H23N3O2. The van der Waals surface area contributed by atoms with Crippen LogP contribution in [0.15, 0.2) is 24.3 Å². The van der Waals surface area contributed by atoms with Crippen molar-refractivity contribution in [3.63, 3.8) is 0 Å². The zero-order valence-corrected chi connectivity index (χ0v) is 12.5. The predicted molar refractivity (Wildman–Crippen MR) is 81.7 cm³/mol. The molecule has 3 N–H and O–H groups in total. The molecule has 1 saturated heterocycles. The normalized spacial score (nSPS) is 18.2. The lowest BCUT2D eigenvalue weighted by atomic mass is 10.0. The monoisotopic (exact) mass is 289 g/mol. The van der Waals surface area contributed by atoms with E-state index in [1.165, 1.54) is 0 Å². The summed E-state index contributed by atoms with van der Waals surface area (Å²) in [5.41, 5.74) is 7.40. The van der Waals surface area contributed by atoms with E-state index >= 15 is 0 Å². The van der Waals surface area contributed by atoms with Crippen molar-refractivity contribution in [1.82, 2.24) is 10.2 Å². The Morgan fingerprint density at radius 2 is 2.24 bits per heavy atom. The molecule has 0 aromatic heterocycles. The third-order valence-electron chi connectivity index (χ3n) is 3.80. The van der Waals surface area contributed by atoms with Crippen LogP contribution < -0.4 is 11.1 Å². The Labute approximate surface area is 125 Å². The molecule has 0 radical (unpaired) electrons. The minimum Gasteiger partial charge on any atom is -0.368 e. The molecular weight excluding hydrogens is 266 g/mol. The number of primary amides is 1. The number of piperidine rings is 1. The highest BCUT2D eigenvalue weighted by Gasteiger charge is 2.26. The quantitative estimate of drug-likeness (QED) is 0.833. The van der Waals surface area contributed by atoms with E-state index in [0.717, 1.165) is 37.1 Å². The van der Waals surface area contributed by atoms with Gasteiger partial charge in [0.2, 0.25) is 11.8 Å². The Hall–Kier alpha value is -1.88. The number of benzene rings is 1. The van der Waals surface area contributed by atoms with Gasteiger partial charge in [-0.15, -0.1) is 0 Å². The van der Waals surface area contributed by atoms with Crippen LogP contribution in [0.1, 0.15) is 24.0 Å². The highest BCUT2D eigenvalue weighted by Crippen LogP contribution is 2.13. The summed E-state index contributed by atoms with van der Waals surface area (Å²) in [6.45, 7) is 3.69. The molecule has 1 heterocycles. The summed E-state index contributed by atoms with van der Waals surface area (Å²) < 4.78 is 0. The molecule has 0 aliphatic carbocycles. The summed E-state index contributed by atoms with van der Waals surface area (Å²) in [5, 5.41) is 3.27. The number of hydrogen-bond acceptors (Lipinski definition) is 3. The van der Waals surface area contributed by atoms with E-state index in [1.54, 1.807) is 4.90 Å². The van der Waals surface area contributed by atoms with Gasteiger partial charge < -0.3 is 16.0 Å². The van der Waals surface area contributed by atoms with Crippen molar-refractivity contribution >= 4 is 11.8 Å². The third-order valence-corrected chi connectivity index (χ3v) is 3.80. The lowest BCUT2D eigenvalue weighted by Gasteiger charge is -2.34. The van der Waals surface area contributed by atoms with Gasteiger partial charge in [-0.05, 0) is 31.9 Å². The van der Waals surface area contributed by atoms with Crippen molar-refractivity contribution < 1.29 is 9.59 Å². The van der Waals surface area contributed by atoms with Crippen molar-refractivity contribution in [3.05, 3.63) is 35.4 Å². The van der Waals surface area contributed by atoms with E-state index in [4.69, 9.17) is 5.73 Å². The summed E-state index contributed by atoms with van der Waals surface area (Å²) >= 11 is 0. The molecule has 1 atom stereocenters. The van der Waals surface area contributed by atoms with Gasteiger partial charge in [-0.2, -0.15) is 0 Å². The summed E-state index contributed by atoms with van der Waals surface area (Å²) in [5.74, 6) is -0.494. The molecule has 1 aromatic carbocycles. The number of nitrogens with one attached hydrogen (secondary N) is 1. The Kier molecular flexibility index (Phi) is 5.33. The number of carbonyl (C=O) groups excluding carboxylic acids is 2.